The van der Waals surface area contributed by atoms with Crippen LogP contribution in [-0.2, 0) is 0 Å². The molecule has 1 aromatic heterocycles. The summed E-state index contributed by atoms with van der Waals surface area (Å²) in [5, 5.41) is 12.7. The molecule has 1 amide bonds. The second kappa shape index (κ2) is 4.44. The van der Waals surface area contributed by atoms with Gasteiger partial charge in [0, 0.05) is 24.8 Å². The molecule has 82 valence electrons. The summed E-state index contributed by atoms with van der Waals surface area (Å²) < 4.78 is 0. The third kappa shape index (κ3) is 2.79. The third-order valence-corrected chi connectivity index (χ3v) is 2.50. The van der Waals surface area contributed by atoms with E-state index in [1.54, 1.807) is 6.20 Å². The van der Waals surface area contributed by atoms with Gasteiger partial charge in [-0.3, -0.25) is 9.89 Å². The van der Waals surface area contributed by atoms with Crippen LogP contribution in [0.4, 0.5) is 0 Å². The highest BCUT2D eigenvalue weighted by molar-refractivity contribution is 5.94. The molecule has 15 heavy (non-hydrogen) atoms. The van der Waals surface area contributed by atoms with Crippen molar-refractivity contribution in [1.29, 1.82) is 0 Å². The topological polar surface area (TPSA) is 69.8 Å². The van der Waals surface area contributed by atoms with Crippen LogP contribution in [0.25, 0.3) is 0 Å². The van der Waals surface area contributed by atoms with Crippen molar-refractivity contribution in [3.8, 4) is 0 Å². The number of amides is 1. The Balaban J connectivity index is 1.69. The van der Waals surface area contributed by atoms with E-state index < -0.39 is 0 Å². The normalized spacial score (nSPS) is 15.3. The van der Waals surface area contributed by atoms with Crippen LogP contribution in [0.15, 0.2) is 6.20 Å². The molecule has 1 heterocycles. The van der Waals surface area contributed by atoms with Gasteiger partial charge in [-0.2, -0.15) is 5.10 Å². The molecule has 0 aromatic carbocycles. The Hall–Kier alpha value is -1.36. The number of aryl methyl sites for hydroxylation is 1. The second-order valence-corrected chi connectivity index (χ2v) is 3.89. The number of hydrogen-bond donors (Lipinski definition) is 3. The summed E-state index contributed by atoms with van der Waals surface area (Å²) in [6.07, 6.45) is 4.10. The van der Waals surface area contributed by atoms with Crippen molar-refractivity contribution in [3.63, 3.8) is 0 Å². The van der Waals surface area contributed by atoms with E-state index in [4.69, 9.17) is 0 Å². The number of hydrogen-bond acceptors (Lipinski definition) is 3. The van der Waals surface area contributed by atoms with Gasteiger partial charge in [0.05, 0.1) is 11.8 Å². The van der Waals surface area contributed by atoms with Crippen LogP contribution in [0, 0.1) is 6.92 Å². The fraction of sp³-hybridized carbons (Fsp3) is 0.600. The van der Waals surface area contributed by atoms with E-state index in [0.717, 1.165) is 12.2 Å². The fourth-order valence-electron chi connectivity index (χ4n) is 1.41. The zero-order chi connectivity index (χ0) is 10.7. The summed E-state index contributed by atoms with van der Waals surface area (Å²) >= 11 is 0. The Morgan fingerprint density at radius 1 is 1.60 bits per heavy atom. The van der Waals surface area contributed by atoms with Crippen LogP contribution in [-0.4, -0.2) is 35.2 Å². The fourth-order valence-corrected chi connectivity index (χ4v) is 1.41. The maximum absolute atomic E-state index is 11.6. The summed E-state index contributed by atoms with van der Waals surface area (Å²) in [4.78, 5) is 11.6. The number of aromatic amines is 1. The largest absolute Gasteiger partial charge is 0.351 e. The minimum Gasteiger partial charge on any atom is -0.351 e. The zero-order valence-electron chi connectivity index (χ0n) is 8.84. The molecule has 1 aromatic rings. The summed E-state index contributed by atoms with van der Waals surface area (Å²) in [6.45, 7) is 3.34. The van der Waals surface area contributed by atoms with Gasteiger partial charge < -0.3 is 10.6 Å². The lowest BCUT2D eigenvalue weighted by atomic mass is 10.2. The van der Waals surface area contributed by atoms with Gasteiger partial charge in [-0.1, -0.05) is 0 Å². The van der Waals surface area contributed by atoms with Crippen LogP contribution in [0.5, 0.6) is 0 Å². The number of carbonyl (C=O) groups excluding carboxylic acids is 1. The summed E-state index contributed by atoms with van der Waals surface area (Å²) in [5.74, 6) is -0.0566. The summed E-state index contributed by atoms with van der Waals surface area (Å²) in [5.41, 5.74) is 1.43. The monoisotopic (exact) mass is 208 g/mol. The SMILES string of the molecule is Cc1[nH]ncc1C(=O)NCCNC1CC1. The van der Waals surface area contributed by atoms with Crippen molar-refractivity contribution in [1.82, 2.24) is 20.8 Å². The quantitative estimate of drug-likeness (QED) is 0.605. The van der Waals surface area contributed by atoms with Gasteiger partial charge in [-0.25, -0.2) is 0 Å². The number of aromatic nitrogens is 2. The van der Waals surface area contributed by atoms with Gasteiger partial charge in [0.2, 0.25) is 0 Å². The maximum atomic E-state index is 11.6. The molecule has 1 aliphatic rings. The lowest BCUT2D eigenvalue weighted by Gasteiger charge is -2.04. The molecule has 0 bridgehead atoms. The lowest BCUT2D eigenvalue weighted by molar-refractivity contribution is 0.0953. The zero-order valence-corrected chi connectivity index (χ0v) is 8.84. The molecule has 0 atom stereocenters. The van der Waals surface area contributed by atoms with Crippen LogP contribution in [0.3, 0.4) is 0 Å². The highest BCUT2D eigenvalue weighted by atomic mass is 16.1. The number of H-pyrrole nitrogens is 1. The molecule has 0 aliphatic heterocycles. The predicted molar refractivity (Wildman–Crippen MR) is 56.7 cm³/mol. The molecule has 0 radical (unpaired) electrons. The van der Waals surface area contributed by atoms with Gasteiger partial charge in [0.25, 0.3) is 5.91 Å². The number of carbonyl (C=O) groups is 1. The Morgan fingerprint density at radius 2 is 2.40 bits per heavy atom. The van der Waals surface area contributed by atoms with E-state index in [9.17, 15) is 4.79 Å². The van der Waals surface area contributed by atoms with Crippen molar-refractivity contribution < 1.29 is 4.79 Å². The maximum Gasteiger partial charge on any atom is 0.254 e. The van der Waals surface area contributed by atoms with Crippen LogP contribution in [0.1, 0.15) is 28.9 Å². The smallest absolute Gasteiger partial charge is 0.254 e. The molecular weight excluding hydrogens is 192 g/mol. The first-order valence-electron chi connectivity index (χ1n) is 5.29. The molecule has 5 heteroatoms. The average molecular weight is 208 g/mol. The Labute approximate surface area is 88.6 Å². The van der Waals surface area contributed by atoms with Crippen molar-refractivity contribution >= 4 is 5.91 Å². The van der Waals surface area contributed by atoms with Crippen LogP contribution >= 0.6 is 0 Å². The molecule has 1 saturated carbocycles. The molecule has 3 N–H and O–H groups in total. The Kier molecular flexibility index (Phi) is 3.01. The van der Waals surface area contributed by atoms with E-state index >= 15 is 0 Å². The van der Waals surface area contributed by atoms with E-state index in [-0.39, 0.29) is 5.91 Å². The third-order valence-electron chi connectivity index (χ3n) is 2.50. The first kappa shape index (κ1) is 10.2. The van der Waals surface area contributed by atoms with Gasteiger partial charge in [-0.05, 0) is 19.8 Å². The van der Waals surface area contributed by atoms with Crippen molar-refractivity contribution in [2.75, 3.05) is 13.1 Å². The minimum atomic E-state index is -0.0566. The first-order valence-corrected chi connectivity index (χ1v) is 5.29. The highest BCUT2D eigenvalue weighted by Gasteiger charge is 2.19. The summed E-state index contributed by atoms with van der Waals surface area (Å²) in [7, 11) is 0. The van der Waals surface area contributed by atoms with E-state index in [1.807, 2.05) is 6.92 Å². The predicted octanol–water partition coefficient (Wildman–Crippen LogP) is 0.200. The van der Waals surface area contributed by atoms with Gasteiger partial charge in [0.1, 0.15) is 0 Å². The van der Waals surface area contributed by atoms with E-state index in [1.165, 1.54) is 12.8 Å². The molecule has 1 aliphatic carbocycles. The van der Waals surface area contributed by atoms with Crippen LogP contribution in [0.2, 0.25) is 0 Å². The van der Waals surface area contributed by atoms with Gasteiger partial charge in [0.15, 0.2) is 0 Å². The molecule has 0 saturated heterocycles. The first-order chi connectivity index (χ1) is 7.27. The molecule has 0 spiro atoms. The Bertz CT molecular complexity index is 343. The number of rotatable bonds is 5. The molecule has 2 rings (SSSR count). The lowest BCUT2D eigenvalue weighted by Crippen LogP contribution is -2.32. The Morgan fingerprint density at radius 3 is 3.00 bits per heavy atom. The van der Waals surface area contributed by atoms with Crippen LogP contribution < -0.4 is 10.6 Å². The van der Waals surface area contributed by atoms with Gasteiger partial charge in [-0.15, -0.1) is 0 Å². The molecular formula is C10H16N4O. The second-order valence-electron chi connectivity index (χ2n) is 3.89. The molecule has 0 unspecified atom stereocenters. The van der Waals surface area contributed by atoms with Crippen molar-refractivity contribution in [3.05, 3.63) is 17.5 Å². The van der Waals surface area contributed by atoms with E-state index in [0.29, 0.717) is 18.2 Å². The molecule has 5 nitrogen and oxygen atoms in total. The standard InChI is InChI=1S/C10H16N4O/c1-7-9(6-13-14-7)10(15)12-5-4-11-8-2-3-8/h6,8,11H,2-5H2,1H3,(H,12,15)(H,13,14). The molecule has 1 fully saturated rings. The minimum absolute atomic E-state index is 0.0566. The number of nitrogens with zero attached hydrogens (tertiary/aromatic N) is 1. The van der Waals surface area contributed by atoms with E-state index in [2.05, 4.69) is 20.8 Å². The van der Waals surface area contributed by atoms with Crippen molar-refractivity contribution in [2.45, 2.75) is 25.8 Å². The summed E-state index contributed by atoms with van der Waals surface area (Å²) in [6, 6.07) is 0.692. The van der Waals surface area contributed by atoms with Gasteiger partial charge >= 0.3 is 0 Å². The average Bonchev–Trinajstić information content (AvgIpc) is 2.94. The van der Waals surface area contributed by atoms with Crippen molar-refractivity contribution in [2.24, 2.45) is 0 Å². The number of nitrogens with one attached hydrogen (secondary N) is 3. The highest BCUT2D eigenvalue weighted by Crippen LogP contribution is 2.17.